The third kappa shape index (κ3) is 2.37. The van der Waals surface area contributed by atoms with E-state index in [2.05, 4.69) is 15.0 Å². The third-order valence-electron chi connectivity index (χ3n) is 4.01. The lowest BCUT2D eigenvalue weighted by atomic mass is 10.2. The van der Waals surface area contributed by atoms with E-state index in [0.29, 0.717) is 5.02 Å². The number of imidazole rings is 1. The van der Waals surface area contributed by atoms with Gasteiger partial charge in [-0.3, -0.25) is 0 Å². The van der Waals surface area contributed by atoms with Crippen molar-refractivity contribution in [2.45, 2.75) is 18.9 Å². The molecule has 1 saturated heterocycles. The lowest BCUT2D eigenvalue weighted by Crippen LogP contribution is -2.31. The van der Waals surface area contributed by atoms with Crippen LogP contribution in [0, 0.1) is 0 Å². The molecule has 1 atom stereocenters. The smallest absolute Gasteiger partial charge is 0.214 e. The second-order valence-corrected chi connectivity index (χ2v) is 6.79. The average molecular weight is 335 g/mol. The summed E-state index contributed by atoms with van der Waals surface area (Å²) in [5, 5.41) is 15.7. The molecule has 0 radical (unpaired) electrons. The Bertz CT molecular complexity index is 766. The summed E-state index contributed by atoms with van der Waals surface area (Å²) < 4.78 is 1.82. The fourth-order valence-corrected chi connectivity index (χ4v) is 3.95. The highest BCUT2D eigenvalue weighted by atomic mass is 35.5. The normalized spacial score (nSPS) is 18.5. The minimum atomic E-state index is 0.178. The van der Waals surface area contributed by atoms with E-state index in [1.807, 2.05) is 35.0 Å². The molecule has 22 heavy (non-hydrogen) atoms. The topological polar surface area (TPSA) is 53.7 Å². The monoisotopic (exact) mass is 334 g/mol. The molecule has 1 aliphatic heterocycles. The quantitative estimate of drug-likeness (QED) is 0.799. The van der Waals surface area contributed by atoms with Gasteiger partial charge >= 0.3 is 0 Å². The van der Waals surface area contributed by atoms with Crippen LogP contribution in [0.15, 0.2) is 30.5 Å². The molecule has 0 bridgehead atoms. The van der Waals surface area contributed by atoms with Crippen LogP contribution in [-0.4, -0.2) is 38.9 Å². The Morgan fingerprint density at radius 1 is 1.32 bits per heavy atom. The van der Waals surface area contributed by atoms with Crippen molar-refractivity contribution in [3.63, 3.8) is 0 Å². The zero-order valence-corrected chi connectivity index (χ0v) is 13.4. The van der Waals surface area contributed by atoms with Crippen molar-refractivity contribution < 1.29 is 5.11 Å². The Balaban J connectivity index is 1.66. The predicted octanol–water partition coefficient (Wildman–Crippen LogP) is 3.07. The van der Waals surface area contributed by atoms with Crippen LogP contribution in [0.1, 0.15) is 12.8 Å². The van der Waals surface area contributed by atoms with Gasteiger partial charge in [-0.1, -0.05) is 35.1 Å². The van der Waals surface area contributed by atoms with Crippen molar-refractivity contribution in [1.29, 1.82) is 0 Å². The highest BCUT2D eigenvalue weighted by molar-refractivity contribution is 7.20. The van der Waals surface area contributed by atoms with Gasteiger partial charge in [-0.25, -0.2) is 9.50 Å². The molecule has 114 valence electrons. The van der Waals surface area contributed by atoms with Crippen molar-refractivity contribution in [2.75, 3.05) is 18.1 Å². The summed E-state index contributed by atoms with van der Waals surface area (Å²) >= 11 is 7.48. The zero-order chi connectivity index (χ0) is 15.1. The van der Waals surface area contributed by atoms with E-state index in [1.54, 1.807) is 11.3 Å². The Hall–Kier alpha value is -1.63. The van der Waals surface area contributed by atoms with Gasteiger partial charge in [0, 0.05) is 17.1 Å². The molecule has 7 heteroatoms. The van der Waals surface area contributed by atoms with Crippen molar-refractivity contribution >= 4 is 33.0 Å². The maximum absolute atomic E-state index is 9.44. The Kier molecular flexibility index (Phi) is 3.52. The summed E-state index contributed by atoms with van der Waals surface area (Å²) in [5.74, 6) is 0. The van der Waals surface area contributed by atoms with Crippen LogP contribution >= 0.6 is 22.9 Å². The molecule has 5 nitrogen and oxygen atoms in total. The van der Waals surface area contributed by atoms with Crippen LogP contribution in [0.3, 0.4) is 0 Å². The number of benzene rings is 1. The molecule has 0 saturated carbocycles. The largest absolute Gasteiger partial charge is 0.394 e. The molecule has 4 rings (SSSR count). The van der Waals surface area contributed by atoms with Gasteiger partial charge in [0.1, 0.15) is 0 Å². The van der Waals surface area contributed by atoms with Gasteiger partial charge in [-0.05, 0) is 25.0 Å². The molecule has 3 heterocycles. The molecule has 0 aliphatic carbocycles. The number of aliphatic hydroxyl groups excluding tert-OH is 1. The molecular formula is C15H15ClN4OS. The van der Waals surface area contributed by atoms with Crippen LogP contribution in [-0.2, 0) is 0 Å². The SMILES string of the molecule is OCC1CCCN1c1nn2cc(-c3ccc(Cl)cc3)nc2s1. The first-order valence-electron chi connectivity index (χ1n) is 7.24. The molecule has 1 unspecified atom stereocenters. The van der Waals surface area contributed by atoms with Crippen molar-refractivity contribution in [2.24, 2.45) is 0 Å². The van der Waals surface area contributed by atoms with Gasteiger partial charge in [0.2, 0.25) is 10.1 Å². The van der Waals surface area contributed by atoms with Crippen LogP contribution in [0.5, 0.6) is 0 Å². The third-order valence-corrected chi connectivity index (χ3v) is 5.22. The number of hydrogen-bond acceptors (Lipinski definition) is 5. The molecule has 1 N–H and O–H groups in total. The molecule has 3 aromatic rings. The standard InChI is InChI=1S/C15H15ClN4OS/c16-11-5-3-10(4-6-11)13-8-20-14(17-13)22-15(18-20)19-7-1-2-12(19)9-21/h3-6,8,12,21H,1-2,7,9H2. The van der Waals surface area contributed by atoms with Gasteiger partial charge in [0.25, 0.3) is 0 Å². The average Bonchev–Trinajstić information content (AvgIpc) is 3.21. The Morgan fingerprint density at radius 2 is 2.14 bits per heavy atom. The second kappa shape index (κ2) is 5.53. The van der Waals surface area contributed by atoms with Crippen molar-refractivity contribution in [3.8, 4) is 11.3 Å². The lowest BCUT2D eigenvalue weighted by molar-refractivity contribution is 0.266. The van der Waals surface area contributed by atoms with E-state index in [4.69, 9.17) is 11.6 Å². The molecule has 2 aromatic heterocycles. The predicted molar refractivity (Wildman–Crippen MR) is 88.8 cm³/mol. The van der Waals surface area contributed by atoms with Gasteiger partial charge in [0.05, 0.1) is 24.5 Å². The fraction of sp³-hybridized carbons (Fsp3) is 0.333. The van der Waals surface area contributed by atoms with Gasteiger partial charge in [-0.15, -0.1) is 5.10 Å². The number of hydrogen-bond donors (Lipinski definition) is 1. The van der Waals surface area contributed by atoms with E-state index < -0.39 is 0 Å². The first kappa shape index (κ1) is 14.0. The van der Waals surface area contributed by atoms with Gasteiger partial charge < -0.3 is 10.0 Å². The van der Waals surface area contributed by atoms with Crippen LogP contribution < -0.4 is 4.90 Å². The number of anilines is 1. The number of aliphatic hydroxyl groups is 1. The molecular weight excluding hydrogens is 320 g/mol. The Morgan fingerprint density at radius 3 is 2.86 bits per heavy atom. The minimum absolute atomic E-state index is 0.178. The fourth-order valence-electron chi connectivity index (χ4n) is 2.84. The van der Waals surface area contributed by atoms with Crippen LogP contribution in [0.2, 0.25) is 5.02 Å². The van der Waals surface area contributed by atoms with Gasteiger partial charge in [0.15, 0.2) is 0 Å². The maximum atomic E-state index is 9.44. The first-order chi connectivity index (χ1) is 10.7. The maximum Gasteiger partial charge on any atom is 0.214 e. The molecule has 0 amide bonds. The molecule has 0 spiro atoms. The summed E-state index contributed by atoms with van der Waals surface area (Å²) in [4.78, 5) is 7.69. The summed E-state index contributed by atoms with van der Waals surface area (Å²) in [6.07, 6.45) is 4.06. The van der Waals surface area contributed by atoms with Gasteiger partial charge in [-0.2, -0.15) is 0 Å². The first-order valence-corrected chi connectivity index (χ1v) is 8.44. The van der Waals surface area contributed by atoms with Crippen LogP contribution in [0.25, 0.3) is 16.2 Å². The molecule has 1 aromatic carbocycles. The molecule has 1 fully saturated rings. The van der Waals surface area contributed by atoms with Crippen LogP contribution in [0.4, 0.5) is 5.13 Å². The van der Waals surface area contributed by atoms with E-state index in [0.717, 1.165) is 40.7 Å². The van der Waals surface area contributed by atoms with E-state index >= 15 is 0 Å². The van der Waals surface area contributed by atoms with E-state index in [9.17, 15) is 5.11 Å². The number of halogens is 1. The number of rotatable bonds is 3. The number of nitrogens with zero attached hydrogens (tertiary/aromatic N) is 4. The molecule has 1 aliphatic rings. The lowest BCUT2D eigenvalue weighted by Gasteiger charge is -2.21. The van der Waals surface area contributed by atoms with E-state index in [1.165, 1.54) is 0 Å². The number of fused-ring (bicyclic) bond motifs is 1. The highest BCUT2D eigenvalue weighted by Crippen LogP contribution is 2.31. The zero-order valence-electron chi connectivity index (χ0n) is 11.8. The summed E-state index contributed by atoms with van der Waals surface area (Å²) in [5.41, 5.74) is 1.92. The van der Waals surface area contributed by atoms with E-state index in [-0.39, 0.29) is 12.6 Å². The summed E-state index contributed by atoms with van der Waals surface area (Å²) in [6, 6.07) is 7.82. The Labute approximate surface area is 136 Å². The summed E-state index contributed by atoms with van der Waals surface area (Å²) in [6.45, 7) is 1.13. The van der Waals surface area contributed by atoms with Crippen molar-refractivity contribution in [1.82, 2.24) is 14.6 Å². The summed E-state index contributed by atoms with van der Waals surface area (Å²) in [7, 11) is 0. The second-order valence-electron chi connectivity index (χ2n) is 5.42. The van der Waals surface area contributed by atoms with Crippen molar-refractivity contribution in [3.05, 3.63) is 35.5 Å². The minimum Gasteiger partial charge on any atom is -0.394 e. The highest BCUT2D eigenvalue weighted by Gasteiger charge is 2.27. The number of aromatic nitrogens is 3.